The zero-order valence-corrected chi connectivity index (χ0v) is 13.4. The summed E-state index contributed by atoms with van der Waals surface area (Å²) in [4.78, 5) is 10.7. The molecule has 0 aliphatic rings. The van der Waals surface area contributed by atoms with Gasteiger partial charge in [-0.3, -0.25) is 9.82 Å². The van der Waals surface area contributed by atoms with E-state index in [9.17, 15) is 13.2 Å². The molecule has 0 radical (unpaired) electrons. The number of rotatable bonds is 5. The van der Waals surface area contributed by atoms with Crippen molar-refractivity contribution in [2.45, 2.75) is 18.2 Å². The van der Waals surface area contributed by atoms with Gasteiger partial charge in [-0.25, -0.2) is 13.2 Å². The van der Waals surface area contributed by atoms with E-state index in [4.69, 9.17) is 5.11 Å². The molecule has 0 aromatic carbocycles. The van der Waals surface area contributed by atoms with Crippen LogP contribution in [0.3, 0.4) is 0 Å². The zero-order valence-electron chi connectivity index (χ0n) is 10.2. The second-order valence-electron chi connectivity index (χ2n) is 3.78. The summed E-state index contributed by atoms with van der Waals surface area (Å²) in [7, 11) is -3.88. The number of carboxylic acid groups (broad SMARTS) is 1. The lowest BCUT2D eigenvalue weighted by atomic mass is 10.3. The molecule has 0 amide bonds. The van der Waals surface area contributed by atoms with Crippen LogP contribution in [-0.4, -0.2) is 29.7 Å². The lowest BCUT2D eigenvalue weighted by Crippen LogP contribution is -2.14. The molecule has 3 N–H and O–H groups in total. The van der Waals surface area contributed by atoms with Crippen molar-refractivity contribution in [1.29, 1.82) is 0 Å². The summed E-state index contributed by atoms with van der Waals surface area (Å²) in [5.74, 6) is -0.893. The summed E-state index contributed by atoms with van der Waals surface area (Å²) in [5.41, 5.74) is 0.721. The SMILES string of the molecule is CCc1cn[nH]c1NS(=O)(=O)c1cc(C(=O)O)sc1Br. The number of aromatic nitrogens is 2. The van der Waals surface area contributed by atoms with Gasteiger partial charge in [0.05, 0.1) is 9.98 Å². The van der Waals surface area contributed by atoms with Gasteiger partial charge in [0.2, 0.25) is 0 Å². The van der Waals surface area contributed by atoms with Crippen LogP contribution in [0.25, 0.3) is 0 Å². The van der Waals surface area contributed by atoms with Gasteiger partial charge in [-0.1, -0.05) is 6.92 Å². The Balaban J connectivity index is 2.38. The molecule has 2 aromatic heterocycles. The molecule has 2 heterocycles. The predicted molar refractivity (Wildman–Crippen MR) is 77.8 cm³/mol. The molecule has 7 nitrogen and oxygen atoms in total. The van der Waals surface area contributed by atoms with E-state index >= 15 is 0 Å². The maximum absolute atomic E-state index is 12.2. The predicted octanol–water partition coefficient (Wildman–Crippen LogP) is 2.30. The van der Waals surface area contributed by atoms with E-state index in [1.54, 1.807) is 0 Å². The summed E-state index contributed by atoms with van der Waals surface area (Å²) < 4.78 is 27.1. The minimum atomic E-state index is -3.88. The Labute approximate surface area is 127 Å². The number of nitrogens with one attached hydrogen (secondary N) is 2. The topological polar surface area (TPSA) is 112 Å². The van der Waals surface area contributed by atoms with E-state index in [2.05, 4.69) is 30.8 Å². The molecule has 108 valence electrons. The fourth-order valence-electron chi connectivity index (χ4n) is 1.50. The van der Waals surface area contributed by atoms with E-state index in [0.29, 0.717) is 6.42 Å². The molecular weight excluding hydrogens is 370 g/mol. The third-order valence-electron chi connectivity index (χ3n) is 2.49. The fraction of sp³-hybridized carbons (Fsp3) is 0.200. The first kappa shape index (κ1) is 15.0. The van der Waals surface area contributed by atoms with E-state index in [1.165, 1.54) is 6.20 Å². The third-order valence-corrected chi connectivity index (χ3v) is 6.08. The van der Waals surface area contributed by atoms with Gasteiger partial charge in [0.25, 0.3) is 10.0 Å². The summed E-state index contributed by atoms with van der Waals surface area (Å²) in [6.07, 6.45) is 2.14. The summed E-state index contributed by atoms with van der Waals surface area (Å²) in [5, 5.41) is 15.2. The van der Waals surface area contributed by atoms with E-state index in [-0.39, 0.29) is 19.4 Å². The van der Waals surface area contributed by atoms with E-state index in [1.807, 2.05) is 6.92 Å². The van der Waals surface area contributed by atoms with Crippen molar-refractivity contribution in [1.82, 2.24) is 10.2 Å². The van der Waals surface area contributed by atoms with Crippen molar-refractivity contribution < 1.29 is 18.3 Å². The van der Waals surface area contributed by atoms with Gasteiger partial charge in [0, 0.05) is 5.56 Å². The molecule has 0 atom stereocenters. The largest absolute Gasteiger partial charge is 0.477 e. The molecule has 0 bridgehead atoms. The molecule has 10 heteroatoms. The van der Waals surface area contributed by atoms with Crippen LogP contribution in [0.4, 0.5) is 5.82 Å². The van der Waals surface area contributed by atoms with Crippen molar-refractivity contribution in [3.63, 3.8) is 0 Å². The lowest BCUT2D eigenvalue weighted by molar-refractivity contribution is 0.0702. The molecule has 2 aromatic rings. The molecule has 0 unspecified atom stereocenters. The molecule has 0 fully saturated rings. The Morgan fingerprint density at radius 1 is 1.60 bits per heavy atom. The second kappa shape index (κ2) is 5.54. The highest BCUT2D eigenvalue weighted by Gasteiger charge is 2.24. The molecule has 0 saturated carbocycles. The van der Waals surface area contributed by atoms with Crippen LogP contribution in [0.5, 0.6) is 0 Å². The van der Waals surface area contributed by atoms with Crippen LogP contribution in [0.2, 0.25) is 0 Å². The molecule has 0 aliphatic heterocycles. The van der Waals surface area contributed by atoms with Crippen molar-refractivity contribution in [2.24, 2.45) is 0 Å². The van der Waals surface area contributed by atoms with Gasteiger partial charge < -0.3 is 5.11 Å². The average molecular weight is 380 g/mol. The maximum Gasteiger partial charge on any atom is 0.345 e. The normalized spacial score (nSPS) is 11.5. The number of aryl methyl sites for hydroxylation is 1. The van der Waals surface area contributed by atoms with Crippen molar-refractivity contribution >= 4 is 49.1 Å². The number of carboxylic acids is 1. The number of hydrogen-bond acceptors (Lipinski definition) is 5. The number of H-pyrrole nitrogens is 1. The number of halogens is 1. The number of aromatic amines is 1. The van der Waals surface area contributed by atoms with Gasteiger partial charge >= 0.3 is 5.97 Å². The third kappa shape index (κ3) is 2.86. The fourth-order valence-corrected chi connectivity index (χ4v) is 4.96. The average Bonchev–Trinajstić information content (AvgIpc) is 2.95. The monoisotopic (exact) mass is 379 g/mol. The number of thiophene rings is 1. The smallest absolute Gasteiger partial charge is 0.345 e. The van der Waals surface area contributed by atoms with Crippen LogP contribution in [0, 0.1) is 0 Å². The summed E-state index contributed by atoms with van der Waals surface area (Å²) in [6, 6.07) is 1.11. The van der Waals surface area contributed by atoms with Gasteiger partial charge in [-0.05, 0) is 28.4 Å². The number of nitrogens with zero attached hydrogens (tertiary/aromatic N) is 1. The van der Waals surface area contributed by atoms with Gasteiger partial charge in [0.1, 0.15) is 15.6 Å². The first-order chi connectivity index (χ1) is 9.35. The van der Waals surface area contributed by atoms with E-state index < -0.39 is 16.0 Å². The molecule has 0 aliphatic carbocycles. The quantitative estimate of drug-likeness (QED) is 0.737. The minimum Gasteiger partial charge on any atom is -0.477 e. The highest BCUT2D eigenvalue weighted by atomic mass is 79.9. The summed E-state index contributed by atoms with van der Waals surface area (Å²) in [6.45, 7) is 1.87. The van der Waals surface area contributed by atoms with Crippen LogP contribution < -0.4 is 4.72 Å². The highest BCUT2D eigenvalue weighted by Crippen LogP contribution is 2.32. The second-order valence-corrected chi connectivity index (χ2v) is 7.80. The Kier molecular flexibility index (Phi) is 4.16. The minimum absolute atomic E-state index is 0.0578. The highest BCUT2D eigenvalue weighted by molar-refractivity contribution is 9.11. The van der Waals surface area contributed by atoms with Crippen molar-refractivity contribution in [3.8, 4) is 0 Å². The Bertz CT molecular complexity index is 750. The molecule has 2 rings (SSSR count). The van der Waals surface area contributed by atoms with Crippen LogP contribution >= 0.6 is 27.3 Å². The summed E-state index contributed by atoms with van der Waals surface area (Å²) >= 11 is 3.92. The van der Waals surface area contributed by atoms with Crippen LogP contribution in [-0.2, 0) is 16.4 Å². The molecule has 0 spiro atoms. The van der Waals surface area contributed by atoms with Crippen LogP contribution in [0.15, 0.2) is 20.9 Å². The Hall–Kier alpha value is -1.39. The lowest BCUT2D eigenvalue weighted by Gasteiger charge is -2.06. The van der Waals surface area contributed by atoms with Crippen molar-refractivity contribution in [2.75, 3.05) is 4.72 Å². The number of carbonyl (C=O) groups is 1. The van der Waals surface area contributed by atoms with Gasteiger partial charge in [0.15, 0.2) is 0 Å². The Morgan fingerprint density at radius 2 is 2.30 bits per heavy atom. The maximum atomic E-state index is 12.2. The number of hydrogen-bond donors (Lipinski definition) is 3. The zero-order chi connectivity index (χ0) is 14.9. The first-order valence-corrected chi connectivity index (χ1v) is 8.52. The van der Waals surface area contributed by atoms with Gasteiger partial charge in [-0.15, -0.1) is 11.3 Å². The molecule has 20 heavy (non-hydrogen) atoms. The molecular formula is C10H10BrN3O4S2. The Morgan fingerprint density at radius 3 is 2.85 bits per heavy atom. The standard InChI is InChI=1S/C10H10BrN3O4S2/c1-2-5-4-12-13-9(5)14-20(17,18)7-3-6(10(15)16)19-8(7)11/h3-4H,2H2,1H3,(H,15,16)(H2,12,13,14). The molecule has 0 saturated heterocycles. The number of aromatic carboxylic acids is 1. The van der Waals surface area contributed by atoms with Crippen molar-refractivity contribution in [3.05, 3.63) is 26.5 Å². The first-order valence-electron chi connectivity index (χ1n) is 5.43. The van der Waals surface area contributed by atoms with Gasteiger partial charge in [-0.2, -0.15) is 5.10 Å². The number of anilines is 1. The van der Waals surface area contributed by atoms with E-state index in [0.717, 1.165) is 23.0 Å². The number of sulfonamides is 1. The van der Waals surface area contributed by atoms with Crippen LogP contribution in [0.1, 0.15) is 22.2 Å².